The molecule has 0 saturated heterocycles. The van der Waals surface area contributed by atoms with E-state index in [1.165, 1.54) is 24.4 Å². The number of hydrogen-bond acceptors (Lipinski definition) is 5. The van der Waals surface area contributed by atoms with E-state index in [9.17, 15) is 27.2 Å². The van der Waals surface area contributed by atoms with E-state index >= 15 is 0 Å². The van der Waals surface area contributed by atoms with Crippen molar-refractivity contribution >= 4 is 5.91 Å². The Kier molecular flexibility index (Phi) is 8.21. The molecule has 0 radical (unpaired) electrons. The quantitative estimate of drug-likeness (QED) is 0.338. The predicted molar refractivity (Wildman–Crippen MR) is 121 cm³/mol. The summed E-state index contributed by atoms with van der Waals surface area (Å²) in [6, 6.07) is 7.58. The second kappa shape index (κ2) is 11.1. The second-order valence-electron chi connectivity index (χ2n) is 8.01. The number of aromatic amines is 1. The summed E-state index contributed by atoms with van der Waals surface area (Å²) in [5.41, 5.74) is -1.06. The highest BCUT2D eigenvalue weighted by Crippen LogP contribution is 2.36. The maximum Gasteiger partial charge on any atom is 0.417 e. The predicted octanol–water partition coefficient (Wildman–Crippen LogP) is 4.53. The summed E-state index contributed by atoms with van der Waals surface area (Å²) < 4.78 is 58.7. The van der Waals surface area contributed by atoms with E-state index < -0.39 is 24.0 Å². The van der Waals surface area contributed by atoms with Crippen LogP contribution in [0.3, 0.4) is 0 Å². The van der Waals surface area contributed by atoms with Crippen molar-refractivity contribution in [2.24, 2.45) is 5.92 Å². The van der Waals surface area contributed by atoms with Crippen LogP contribution in [0.25, 0.3) is 22.6 Å². The molecule has 0 spiro atoms. The van der Waals surface area contributed by atoms with Gasteiger partial charge in [0, 0.05) is 48.3 Å². The summed E-state index contributed by atoms with van der Waals surface area (Å²) >= 11 is 0. The average molecular weight is 492 g/mol. The van der Waals surface area contributed by atoms with Gasteiger partial charge in [0.05, 0.1) is 24.5 Å². The van der Waals surface area contributed by atoms with Crippen LogP contribution in [0, 0.1) is 5.92 Å². The monoisotopic (exact) mass is 492 g/mol. The van der Waals surface area contributed by atoms with E-state index in [2.05, 4.69) is 20.3 Å². The number of carbonyl (C=O) groups excluding carboxylic acids is 1. The number of pyridine rings is 1. The zero-order valence-electron chi connectivity index (χ0n) is 19.1. The average Bonchev–Trinajstić information content (AvgIpc) is 2.82. The number of benzene rings is 1. The fourth-order valence-electron chi connectivity index (χ4n) is 3.12. The molecule has 0 atom stereocenters. The van der Waals surface area contributed by atoms with Crippen LogP contribution in [-0.2, 0) is 17.5 Å². The van der Waals surface area contributed by atoms with Gasteiger partial charge in [0.1, 0.15) is 5.82 Å². The van der Waals surface area contributed by atoms with Crippen molar-refractivity contribution in [2.75, 3.05) is 13.3 Å². The van der Waals surface area contributed by atoms with E-state index in [1.54, 1.807) is 19.9 Å². The Labute approximate surface area is 198 Å². The number of nitrogens with one attached hydrogen (secondary N) is 2. The van der Waals surface area contributed by atoms with Crippen LogP contribution in [0.15, 0.2) is 47.4 Å². The van der Waals surface area contributed by atoms with Crippen molar-refractivity contribution < 1.29 is 27.1 Å². The number of amides is 1. The summed E-state index contributed by atoms with van der Waals surface area (Å²) in [5.74, 6) is -0.569. The first-order valence-corrected chi connectivity index (χ1v) is 10.8. The Bertz CT molecular complexity index is 1220. The lowest BCUT2D eigenvalue weighted by Gasteiger charge is -2.15. The lowest BCUT2D eigenvalue weighted by Crippen LogP contribution is -2.27. The molecule has 1 amide bonds. The van der Waals surface area contributed by atoms with Gasteiger partial charge in [0.15, 0.2) is 0 Å². The molecule has 0 aliphatic rings. The third kappa shape index (κ3) is 6.87. The molecule has 3 rings (SSSR count). The molecule has 0 saturated carbocycles. The van der Waals surface area contributed by atoms with Gasteiger partial charge in [-0.15, -0.1) is 0 Å². The van der Waals surface area contributed by atoms with Gasteiger partial charge in [-0.1, -0.05) is 19.9 Å². The molecule has 0 fully saturated rings. The largest absolute Gasteiger partial charge is 0.478 e. The van der Waals surface area contributed by atoms with Gasteiger partial charge in [-0.2, -0.15) is 13.2 Å². The Hall–Kier alpha value is -3.76. The number of ether oxygens (including phenoxy) is 1. The minimum Gasteiger partial charge on any atom is -0.478 e. The third-order valence-corrected chi connectivity index (χ3v) is 4.94. The molecule has 2 heterocycles. The van der Waals surface area contributed by atoms with Crippen molar-refractivity contribution in [2.45, 2.75) is 33.0 Å². The van der Waals surface area contributed by atoms with Gasteiger partial charge in [0.2, 0.25) is 11.8 Å². The second-order valence-corrected chi connectivity index (χ2v) is 8.01. The molecule has 2 N–H and O–H groups in total. The first-order chi connectivity index (χ1) is 16.6. The van der Waals surface area contributed by atoms with Gasteiger partial charge >= 0.3 is 6.18 Å². The number of carbonyl (C=O) groups is 1. The minimum absolute atomic E-state index is 0.0138. The van der Waals surface area contributed by atoms with E-state index in [4.69, 9.17) is 4.74 Å². The molecule has 2 aromatic heterocycles. The van der Waals surface area contributed by atoms with E-state index in [-0.39, 0.29) is 54.4 Å². The fourth-order valence-corrected chi connectivity index (χ4v) is 3.12. The zero-order chi connectivity index (χ0) is 25.6. The molecule has 7 nitrogen and oxygen atoms in total. The number of aromatic nitrogens is 3. The standard InChI is InChI=1S/C24H24F4N4O3/c1-14(2)23(34)30-12-15-4-6-18(24(26,27)28)17(10-15)22-31-19(11-20(33)32-22)16-5-7-21(29-13-16)35-9-3-8-25/h4-7,10-11,13-14H,3,8-9,12H2,1-2H3,(H,30,34)(H,31,32,33). The van der Waals surface area contributed by atoms with Crippen LogP contribution in [-0.4, -0.2) is 34.1 Å². The summed E-state index contributed by atoms with van der Waals surface area (Å²) in [5, 5.41) is 2.65. The maximum atomic E-state index is 13.7. The molecule has 0 aliphatic carbocycles. The van der Waals surface area contributed by atoms with Gasteiger partial charge < -0.3 is 15.0 Å². The van der Waals surface area contributed by atoms with E-state index in [0.717, 1.165) is 12.1 Å². The first-order valence-electron chi connectivity index (χ1n) is 10.8. The Morgan fingerprint density at radius 2 is 1.94 bits per heavy atom. The van der Waals surface area contributed by atoms with Crippen molar-refractivity contribution in [3.05, 3.63) is 64.1 Å². The normalized spacial score (nSPS) is 11.5. The molecule has 3 aromatic rings. The number of H-pyrrole nitrogens is 1. The van der Waals surface area contributed by atoms with E-state index in [0.29, 0.717) is 11.1 Å². The first kappa shape index (κ1) is 25.9. The molecule has 0 aliphatic heterocycles. The molecular formula is C24H24F4N4O3. The number of halogens is 4. The van der Waals surface area contributed by atoms with Crippen molar-refractivity contribution in [1.29, 1.82) is 0 Å². The van der Waals surface area contributed by atoms with Crippen molar-refractivity contribution in [3.63, 3.8) is 0 Å². The highest BCUT2D eigenvalue weighted by molar-refractivity contribution is 5.78. The topological polar surface area (TPSA) is 97.0 Å². The molecule has 0 unspecified atom stereocenters. The smallest absolute Gasteiger partial charge is 0.417 e. The van der Waals surface area contributed by atoms with Gasteiger partial charge in [0.25, 0.3) is 5.56 Å². The molecule has 11 heteroatoms. The number of rotatable bonds is 9. The van der Waals surface area contributed by atoms with Gasteiger partial charge in [-0.05, 0) is 23.8 Å². The number of nitrogens with zero attached hydrogens (tertiary/aromatic N) is 2. The SMILES string of the molecule is CC(C)C(=O)NCc1ccc(C(F)(F)F)c(-c2nc(-c3ccc(OCCCF)nc3)cc(=O)[nH]2)c1. The summed E-state index contributed by atoms with van der Waals surface area (Å²) in [4.78, 5) is 34.9. The lowest BCUT2D eigenvalue weighted by atomic mass is 10.0. The Balaban J connectivity index is 1.98. The third-order valence-electron chi connectivity index (χ3n) is 4.94. The number of hydrogen-bond donors (Lipinski definition) is 2. The van der Waals surface area contributed by atoms with Crippen LogP contribution < -0.4 is 15.6 Å². The molecule has 0 bridgehead atoms. The Morgan fingerprint density at radius 3 is 2.57 bits per heavy atom. The minimum atomic E-state index is -4.70. The number of alkyl halides is 4. The maximum absolute atomic E-state index is 13.7. The molecule has 35 heavy (non-hydrogen) atoms. The van der Waals surface area contributed by atoms with Gasteiger partial charge in [-0.3, -0.25) is 14.0 Å². The summed E-state index contributed by atoms with van der Waals surface area (Å²) in [7, 11) is 0. The molecular weight excluding hydrogens is 468 g/mol. The van der Waals surface area contributed by atoms with Crippen LogP contribution in [0.1, 0.15) is 31.4 Å². The fraction of sp³-hybridized carbons (Fsp3) is 0.333. The van der Waals surface area contributed by atoms with Crippen LogP contribution in [0.5, 0.6) is 5.88 Å². The van der Waals surface area contributed by atoms with Crippen molar-refractivity contribution in [1.82, 2.24) is 20.3 Å². The summed E-state index contributed by atoms with van der Waals surface area (Å²) in [6.07, 6.45) is -3.13. The highest BCUT2D eigenvalue weighted by Gasteiger charge is 2.34. The van der Waals surface area contributed by atoms with Crippen LogP contribution >= 0.6 is 0 Å². The lowest BCUT2D eigenvalue weighted by molar-refractivity contribution is -0.137. The van der Waals surface area contributed by atoms with Crippen LogP contribution in [0.2, 0.25) is 0 Å². The van der Waals surface area contributed by atoms with Crippen LogP contribution in [0.4, 0.5) is 17.6 Å². The van der Waals surface area contributed by atoms with Gasteiger partial charge in [-0.25, -0.2) is 9.97 Å². The Morgan fingerprint density at radius 1 is 1.17 bits per heavy atom. The van der Waals surface area contributed by atoms with Crippen molar-refractivity contribution in [3.8, 4) is 28.5 Å². The summed E-state index contributed by atoms with van der Waals surface area (Å²) in [6.45, 7) is 3.03. The highest BCUT2D eigenvalue weighted by atomic mass is 19.4. The van der Waals surface area contributed by atoms with E-state index in [1.807, 2.05) is 0 Å². The zero-order valence-corrected chi connectivity index (χ0v) is 19.1. The molecule has 1 aromatic carbocycles. The molecule has 186 valence electrons.